The van der Waals surface area contributed by atoms with Crippen LogP contribution >= 0.6 is 0 Å². The summed E-state index contributed by atoms with van der Waals surface area (Å²) in [5.74, 6) is 0.966. The summed E-state index contributed by atoms with van der Waals surface area (Å²) in [6, 6.07) is 6.92. The van der Waals surface area contributed by atoms with Crippen LogP contribution in [-0.2, 0) is 19.4 Å². The molecule has 1 fully saturated rings. The summed E-state index contributed by atoms with van der Waals surface area (Å²) >= 11 is 0. The maximum Gasteiger partial charge on any atom is 0.0211 e. The van der Waals surface area contributed by atoms with E-state index in [1.54, 1.807) is 16.7 Å². The number of benzene rings is 1. The summed E-state index contributed by atoms with van der Waals surface area (Å²) in [6.45, 7) is 2.25. The monoisotopic (exact) mass is 215 g/mol. The van der Waals surface area contributed by atoms with Crippen LogP contribution in [0.2, 0.25) is 0 Å². The fraction of sp³-hybridized carbons (Fsp3) is 0.600. The maximum atomic E-state index is 3.51. The van der Waals surface area contributed by atoms with Gasteiger partial charge in [-0.3, -0.25) is 0 Å². The summed E-state index contributed by atoms with van der Waals surface area (Å²) in [7, 11) is 0. The first-order chi connectivity index (χ1) is 7.93. The largest absolute Gasteiger partial charge is 0.312 e. The van der Waals surface area contributed by atoms with Gasteiger partial charge < -0.3 is 5.32 Å². The van der Waals surface area contributed by atoms with Gasteiger partial charge in [0.25, 0.3) is 0 Å². The van der Waals surface area contributed by atoms with E-state index in [-0.39, 0.29) is 0 Å². The third-order valence-electron chi connectivity index (χ3n) is 4.23. The van der Waals surface area contributed by atoms with Crippen LogP contribution in [-0.4, -0.2) is 6.54 Å². The normalized spacial score (nSPS) is 21.0. The highest BCUT2D eigenvalue weighted by Crippen LogP contribution is 2.30. The van der Waals surface area contributed by atoms with Gasteiger partial charge in [0.15, 0.2) is 0 Å². The van der Waals surface area contributed by atoms with E-state index in [0.29, 0.717) is 0 Å². The van der Waals surface area contributed by atoms with Crippen molar-refractivity contribution in [1.82, 2.24) is 5.32 Å². The molecule has 0 atom stereocenters. The van der Waals surface area contributed by atoms with Crippen LogP contribution in [0.4, 0.5) is 0 Å². The minimum atomic E-state index is 0.966. The van der Waals surface area contributed by atoms with Crippen LogP contribution in [0.25, 0.3) is 0 Å². The molecule has 1 nitrogen and oxygen atoms in total. The lowest BCUT2D eigenvalue weighted by molar-refractivity contribution is 0.538. The van der Waals surface area contributed by atoms with E-state index in [4.69, 9.17) is 0 Å². The quantitative estimate of drug-likeness (QED) is 0.799. The van der Waals surface area contributed by atoms with Gasteiger partial charge in [-0.1, -0.05) is 43.9 Å². The second kappa shape index (κ2) is 4.58. The summed E-state index contributed by atoms with van der Waals surface area (Å²) in [5.41, 5.74) is 4.83. The Bertz CT molecular complexity index is 364. The molecule has 0 aromatic heterocycles. The molecule has 1 heteroatoms. The molecule has 1 saturated carbocycles. The number of nitrogens with one attached hydrogen (secondary N) is 1. The second-order valence-electron chi connectivity index (χ2n) is 5.34. The van der Waals surface area contributed by atoms with Crippen LogP contribution in [0.1, 0.15) is 42.4 Å². The molecule has 2 aliphatic rings. The summed E-state index contributed by atoms with van der Waals surface area (Å²) in [6.07, 6.45) is 8.36. The highest BCUT2D eigenvalue weighted by atomic mass is 14.9. The third-order valence-corrected chi connectivity index (χ3v) is 4.23. The van der Waals surface area contributed by atoms with Gasteiger partial charge in [0.05, 0.1) is 0 Å². The van der Waals surface area contributed by atoms with Crippen molar-refractivity contribution in [3.63, 3.8) is 0 Å². The first-order valence-corrected chi connectivity index (χ1v) is 6.74. The minimum absolute atomic E-state index is 0.966. The van der Waals surface area contributed by atoms with Crippen molar-refractivity contribution in [3.05, 3.63) is 34.9 Å². The molecule has 1 aliphatic heterocycles. The minimum Gasteiger partial charge on any atom is -0.312 e. The highest BCUT2D eigenvalue weighted by molar-refractivity contribution is 5.37. The number of hydrogen-bond acceptors (Lipinski definition) is 1. The van der Waals surface area contributed by atoms with Crippen LogP contribution < -0.4 is 5.32 Å². The average Bonchev–Trinajstić information content (AvgIpc) is 2.82. The van der Waals surface area contributed by atoms with Gasteiger partial charge in [-0.15, -0.1) is 0 Å². The standard InChI is InChI=1S/C15H21N/c1-2-5-12(4-1)10-14-7-3-6-13-8-9-16-11-15(13)14/h3,6-7,12,16H,1-2,4-5,8-11H2. The zero-order valence-electron chi connectivity index (χ0n) is 9.97. The van der Waals surface area contributed by atoms with E-state index in [9.17, 15) is 0 Å². The Morgan fingerprint density at radius 3 is 2.94 bits per heavy atom. The molecule has 0 bridgehead atoms. The van der Waals surface area contributed by atoms with Crippen LogP contribution in [0.3, 0.4) is 0 Å². The Kier molecular flexibility index (Phi) is 2.96. The average molecular weight is 215 g/mol. The fourth-order valence-electron chi connectivity index (χ4n) is 3.30. The van der Waals surface area contributed by atoms with E-state index in [1.165, 1.54) is 38.5 Å². The Morgan fingerprint density at radius 2 is 2.06 bits per heavy atom. The molecule has 1 aromatic rings. The zero-order chi connectivity index (χ0) is 10.8. The Labute approximate surface area is 98.3 Å². The number of rotatable bonds is 2. The Morgan fingerprint density at radius 1 is 1.19 bits per heavy atom. The molecule has 86 valence electrons. The molecule has 3 rings (SSSR count). The predicted octanol–water partition coefficient (Wildman–Crippen LogP) is 3.07. The third kappa shape index (κ3) is 2.01. The van der Waals surface area contributed by atoms with Gasteiger partial charge in [-0.25, -0.2) is 0 Å². The lowest BCUT2D eigenvalue weighted by Gasteiger charge is -2.21. The van der Waals surface area contributed by atoms with Crippen LogP contribution in [0.5, 0.6) is 0 Å². The van der Waals surface area contributed by atoms with Crippen molar-refractivity contribution in [2.24, 2.45) is 5.92 Å². The lowest BCUT2D eigenvalue weighted by Crippen LogP contribution is -2.25. The smallest absolute Gasteiger partial charge is 0.0211 e. The van der Waals surface area contributed by atoms with Crippen molar-refractivity contribution in [2.45, 2.75) is 45.1 Å². The van der Waals surface area contributed by atoms with Gasteiger partial charge >= 0.3 is 0 Å². The molecule has 0 radical (unpaired) electrons. The fourth-order valence-corrected chi connectivity index (χ4v) is 3.30. The van der Waals surface area contributed by atoms with E-state index >= 15 is 0 Å². The molecule has 1 aliphatic carbocycles. The van der Waals surface area contributed by atoms with Gasteiger partial charge in [-0.05, 0) is 42.0 Å². The number of fused-ring (bicyclic) bond motifs is 1. The van der Waals surface area contributed by atoms with Crippen molar-refractivity contribution < 1.29 is 0 Å². The molecule has 1 N–H and O–H groups in total. The number of hydrogen-bond donors (Lipinski definition) is 1. The summed E-state index contributed by atoms with van der Waals surface area (Å²) in [4.78, 5) is 0. The molecule has 0 saturated heterocycles. The van der Waals surface area contributed by atoms with Gasteiger partial charge in [0, 0.05) is 6.54 Å². The highest BCUT2D eigenvalue weighted by Gasteiger charge is 2.18. The predicted molar refractivity (Wildman–Crippen MR) is 67.5 cm³/mol. The molecule has 0 amide bonds. The first-order valence-electron chi connectivity index (χ1n) is 6.74. The SMILES string of the molecule is c1cc2c(c(CC3CCCC3)c1)CNCC2. The van der Waals surface area contributed by atoms with E-state index in [2.05, 4.69) is 23.5 Å². The summed E-state index contributed by atoms with van der Waals surface area (Å²) in [5, 5.41) is 3.51. The molecule has 16 heavy (non-hydrogen) atoms. The van der Waals surface area contributed by atoms with E-state index < -0.39 is 0 Å². The van der Waals surface area contributed by atoms with Gasteiger partial charge in [0.2, 0.25) is 0 Å². The lowest BCUT2D eigenvalue weighted by atomic mass is 9.89. The molecule has 1 aromatic carbocycles. The van der Waals surface area contributed by atoms with Crippen molar-refractivity contribution in [1.29, 1.82) is 0 Å². The van der Waals surface area contributed by atoms with E-state index in [0.717, 1.165) is 19.0 Å². The molecular formula is C15H21N. The van der Waals surface area contributed by atoms with Crippen molar-refractivity contribution in [2.75, 3.05) is 6.54 Å². The first kappa shape index (κ1) is 10.3. The Hall–Kier alpha value is -0.820. The zero-order valence-corrected chi connectivity index (χ0v) is 9.97. The van der Waals surface area contributed by atoms with Crippen LogP contribution in [0.15, 0.2) is 18.2 Å². The second-order valence-corrected chi connectivity index (χ2v) is 5.34. The van der Waals surface area contributed by atoms with E-state index in [1.807, 2.05) is 0 Å². The topological polar surface area (TPSA) is 12.0 Å². The van der Waals surface area contributed by atoms with Crippen LogP contribution in [0, 0.1) is 5.92 Å². The molecule has 0 unspecified atom stereocenters. The van der Waals surface area contributed by atoms with Crippen molar-refractivity contribution >= 4 is 0 Å². The van der Waals surface area contributed by atoms with Crippen molar-refractivity contribution in [3.8, 4) is 0 Å². The molecule has 1 heterocycles. The molecular weight excluding hydrogens is 194 g/mol. The maximum absolute atomic E-state index is 3.51. The Balaban J connectivity index is 1.82. The van der Waals surface area contributed by atoms with Gasteiger partial charge in [0.1, 0.15) is 0 Å². The molecule has 0 spiro atoms. The van der Waals surface area contributed by atoms with Gasteiger partial charge in [-0.2, -0.15) is 0 Å². The summed E-state index contributed by atoms with van der Waals surface area (Å²) < 4.78 is 0.